The van der Waals surface area contributed by atoms with E-state index in [0.717, 1.165) is 22.4 Å². The highest BCUT2D eigenvalue weighted by Crippen LogP contribution is 2.37. The highest BCUT2D eigenvalue weighted by molar-refractivity contribution is 5.78. The fraction of sp³-hybridized carbons (Fsp3) is 0.214. The normalized spacial score (nSPS) is 10.7. The second kappa shape index (κ2) is 11.4. The molecule has 0 spiro atoms. The van der Waals surface area contributed by atoms with E-state index in [1.807, 2.05) is 92.0 Å². The number of benzene rings is 3. The van der Waals surface area contributed by atoms with E-state index in [-0.39, 0.29) is 12.5 Å². The zero-order chi connectivity index (χ0) is 24.6. The second-order valence-corrected chi connectivity index (χ2v) is 8.04. The molecule has 0 bridgehead atoms. The summed E-state index contributed by atoms with van der Waals surface area (Å²) in [7, 11) is 4.96. The number of carbonyl (C=O) groups is 1. The molecule has 1 amide bonds. The minimum absolute atomic E-state index is 0.0174. The van der Waals surface area contributed by atoms with Crippen molar-refractivity contribution in [3.63, 3.8) is 0 Å². The summed E-state index contributed by atoms with van der Waals surface area (Å²) in [5.74, 6) is 1.59. The van der Waals surface area contributed by atoms with Crippen LogP contribution in [0.1, 0.15) is 11.1 Å². The molecule has 0 aliphatic carbocycles. The number of hydrogen-bond acceptors (Lipinski definition) is 5. The van der Waals surface area contributed by atoms with E-state index in [2.05, 4.69) is 0 Å². The quantitative estimate of drug-likeness (QED) is 0.323. The molecular formula is C28H29N3O4. The Balaban J connectivity index is 1.78. The Morgan fingerprint density at radius 2 is 1.49 bits per heavy atom. The third kappa shape index (κ3) is 5.70. The van der Waals surface area contributed by atoms with Gasteiger partial charge in [-0.05, 0) is 17.7 Å². The minimum atomic E-state index is -0.123. The van der Waals surface area contributed by atoms with Crippen LogP contribution in [0.15, 0.2) is 84.9 Å². The Kier molecular flexibility index (Phi) is 7.80. The van der Waals surface area contributed by atoms with Gasteiger partial charge in [-0.3, -0.25) is 4.79 Å². The van der Waals surface area contributed by atoms with Crippen molar-refractivity contribution < 1.29 is 19.0 Å². The van der Waals surface area contributed by atoms with Crippen molar-refractivity contribution in [2.24, 2.45) is 7.05 Å². The van der Waals surface area contributed by atoms with Gasteiger partial charge < -0.3 is 19.1 Å². The van der Waals surface area contributed by atoms with Gasteiger partial charge >= 0.3 is 0 Å². The van der Waals surface area contributed by atoms with Crippen LogP contribution in [0.5, 0.6) is 17.4 Å². The Morgan fingerprint density at radius 1 is 0.857 bits per heavy atom. The van der Waals surface area contributed by atoms with Gasteiger partial charge in [0.2, 0.25) is 11.8 Å². The molecule has 7 heteroatoms. The molecule has 0 saturated heterocycles. The Morgan fingerprint density at radius 3 is 2.14 bits per heavy atom. The van der Waals surface area contributed by atoms with Crippen molar-refractivity contribution in [1.29, 1.82) is 0 Å². The lowest BCUT2D eigenvalue weighted by Gasteiger charge is -2.23. The molecule has 0 radical (unpaired) electrons. The molecule has 4 aromatic rings. The van der Waals surface area contributed by atoms with Gasteiger partial charge in [0.05, 0.1) is 19.2 Å². The first-order valence-corrected chi connectivity index (χ1v) is 11.3. The number of nitrogens with zero attached hydrogens (tertiary/aromatic N) is 3. The molecule has 0 aliphatic heterocycles. The smallest absolute Gasteiger partial charge is 0.249 e. The first-order chi connectivity index (χ1) is 17.1. The fourth-order valence-corrected chi connectivity index (χ4v) is 3.90. The number of methoxy groups -OCH3 is 2. The maximum absolute atomic E-state index is 13.1. The highest BCUT2D eigenvalue weighted by Gasteiger charge is 2.25. The van der Waals surface area contributed by atoms with E-state index in [0.29, 0.717) is 30.5 Å². The van der Waals surface area contributed by atoms with Crippen molar-refractivity contribution in [1.82, 2.24) is 14.7 Å². The van der Waals surface area contributed by atoms with Gasteiger partial charge in [0, 0.05) is 26.3 Å². The molecular weight excluding hydrogens is 442 g/mol. The van der Waals surface area contributed by atoms with Crippen LogP contribution in [0.25, 0.3) is 11.3 Å². The monoisotopic (exact) mass is 471 g/mol. The average Bonchev–Trinajstić information content (AvgIpc) is 3.20. The van der Waals surface area contributed by atoms with Gasteiger partial charge in [0.1, 0.15) is 12.3 Å². The van der Waals surface area contributed by atoms with Crippen molar-refractivity contribution in [2.75, 3.05) is 20.8 Å². The van der Waals surface area contributed by atoms with E-state index < -0.39 is 0 Å². The van der Waals surface area contributed by atoms with Crippen LogP contribution in [0.4, 0.5) is 0 Å². The maximum atomic E-state index is 13.1. The summed E-state index contributed by atoms with van der Waals surface area (Å²) in [5, 5.41) is 4.78. The fourth-order valence-electron chi connectivity index (χ4n) is 3.90. The largest absolute Gasteiger partial charge is 0.493 e. The van der Waals surface area contributed by atoms with E-state index >= 15 is 0 Å². The highest BCUT2D eigenvalue weighted by atomic mass is 16.5. The second-order valence-electron chi connectivity index (χ2n) is 8.04. The lowest BCUT2D eigenvalue weighted by Crippen LogP contribution is -2.33. The van der Waals surface area contributed by atoms with E-state index in [9.17, 15) is 4.79 Å². The number of para-hydroxylation sites is 2. The summed E-state index contributed by atoms with van der Waals surface area (Å²) in [4.78, 5) is 14.9. The zero-order valence-electron chi connectivity index (χ0n) is 20.2. The first-order valence-electron chi connectivity index (χ1n) is 11.3. The predicted octanol–water partition coefficient (Wildman–Crippen LogP) is 5.06. The van der Waals surface area contributed by atoms with Gasteiger partial charge in [-0.1, -0.05) is 72.8 Å². The van der Waals surface area contributed by atoms with Gasteiger partial charge in [0.25, 0.3) is 0 Å². The predicted molar refractivity (Wildman–Crippen MR) is 134 cm³/mol. The van der Waals surface area contributed by atoms with Crippen LogP contribution >= 0.6 is 0 Å². The van der Waals surface area contributed by atoms with E-state index in [1.54, 1.807) is 16.7 Å². The molecule has 4 rings (SSSR count). The van der Waals surface area contributed by atoms with Crippen LogP contribution in [0, 0.1) is 0 Å². The Hall–Kier alpha value is -4.10. The van der Waals surface area contributed by atoms with Crippen LogP contribution in [-0.4, -0.2) is 41.4 Å². The van der Waals surface area contributed by atoms with Crippen molar-refractivity contribution in [3.05, 3.63) is 96.1 Å². The molecule has 3 aromatic carbocycles. The molecule has 0 atom stereocenters. The molecule has 0 unspecified atom stereocenters. The van der Waals surface area contributed by atoms with Gasteiger partial charge in [0.15, 0.2) is 11.5 Å². The maximum Gasteiger partial charge on any atom is 0.249 e. The SMILES string of the molecule is COCC(=O)N(Cc1ccccc1)Cc1c(-c2ccccc2)nn(C)c1Oc1ccccc1OC. The van der Waals surface area contributed by atoms with Crippen molar-refractivity contribution in [3.8, 4) is 28.6 Å². The summed E-state index contributed by atoms with van der Waals surface area (Å²) in [6.07, 6.45) is 0. The van der Waals surface area contributed by atoms with Crippen LogP contribution in [-0.2, 0) is 29.7 Å². The van der Waals surface area contributed by atoms with Crippen LogP contribution in [0.2, 0.25) is 0 Å². The number of ether oxygens (including phenoxy) is 3. The molecule has 0 fully saturated rings. The summed E-state index contributed by atoms with van der Waals surface area (Å²) in [5.41, 5.74) is 3.51. The first kappa shape index (κ1) is 24.0. The summed E-state index contributed by atoms with van der Waals surface area (Å²) >= 11 is 0. The summed E-state index contributed by atoms with van der Waals surface area (Å²) in [6, 6.07) is 27.2. The van der Waals surface area contributed by atoms with Gasteiger partial charge in [-0.15, -0.1) is 0 Å². The number of hydrogen-bond donors (Lipinski definition) is 0. The molecule has 180 valence electrons. The Labute approximate surface area is 205 Å². The van der Waals surface area contributed by atoms with Crippen LogP contribution in [0.3, 0.4) is 0 Å². The number of carbonyl (C=O) groups excluding carboxylic acids is 1. The van der Waals surface area contributed by atoms with Gasteiger partial charge in [-0.25, -0.2) is 4.68 Å². The number of rotatable bonds is 10. The summed E-state index contributed by atoms with van der Waals surface area (Å²) in [6.45, 7) is 0.705. The number of amides is 1. The van der Waals surface area contributed by atoms with Crippen molar-refractivity contribution >= 4 is 5.91 Å². The van der Waals surface area contributed by atoms with E-state index in [1.165, 1.54) is 7.11 Å². The average molecular weight is 472 g/mol. The summed E-state index contributed by atoms with van der Waals surface area (Å²) < 4.78 is 18.7. The minimum Gasteiger partial charge on any atom is -0.493 e. The standard InChI is InChI=1S/C28H29N3O4/c1-30-28(35-25-17-11-10-16-24(25)34-3)23(27(29-30)22-14-8-5-9-15-22)19-31(26(32)20-33-2)18-21-12-6-4-7-13-21/h4-17H,18-20H2,1-3H3. The third-order valence-electron chi connectivity index (χ3n) is 5.60. The lowest BCUT2D eigenvalue weighted by molar-refractivity contribution is -0.136. The number of aromatic nitrogens is 2. The topological polar surface area (TPSA) is 65.8 Å². The molecule has 7 nitrogen and oxygen atoms in total. The van der Waals surface area contributed by atoms with Crippen LogP contribution < -0.4 is 9.47 Å². The molecule has 0 saturated carbocycles. The molecule has 35 heavy (non-hydrogen) atoms. The third-order valence-corrected chi connectivity index (χ3v) is 5.60. The lowest BCUT2D eigenvalue weighted by atomic mass is 10.1. The van der Waals surface area contributed by atoms with Gasteiger partial charge in [-0.2, -0.15) is 5.10 Å². The molecule has 1 aromatic heterocycles. The molecule has 0 N–H and O–H groups in total. The Bertz CT molecular complexity index is 1260. The zero-order valence-corrected chi connectivity index (χ0v) is 20.2. The van der Waals surface area contributed by atoms with E-state index in [4.69, 9.17) is 19.3 Å². The number of aryl methyl sites for hydroxylation is 1. The molecule has 0 aliphatic rings. The van der Waals surface area contributed by atoms with Crippen molar-refractivity contribution in [2.45, 2.75) is 13.1 Å². The molecule has 1 heterocycles.